The van der Waals surface area contributed by atoms with Gasteiger partial charge in [-0.3, -0.25) is 0 Å². The zero-order valence-electron chi connectivity index (χ0n) is 9.68. The topological polar surface area (TPSA) is 63.8 Å². The second-order valence-electron chi connectivity index (χ2n) is 4.43. The summed E-state index contributed by atoms with van der Waals surface area (Å²) in [7, 11) is 0. The van der Waals surface area contributed by atoms with Gasteiger partial charge in [0.2, 0.25) is 5.95 Å². The van der Waals surface area contributed by atoms with Gasteiger partial charge in [-0.25, -0.2) is 4.98 Å². The van der Waals surface area contributed by atoms with Gasteiger partial charge in [0, 0.05) is 12.0 Å². The molecule has 2 atom stereocenters. The van der Waals surface area contributed by atoms with E-state index in [0.717, 1.165) is 6.42 Å². The number of nitrogens with two attached hydrogens (primary N) is 1. The van der Waals surface area contributed by atoms with Crippen molar-refractivity contribution in [2.75, 3.05) is 11.1 Å². The minimum atomic E-state index is 0.235. The monoisotopic (exact) mass is 260 g/mol. The fourth-order valence-corrected chi connectivity index (χ4v) is 2.23. The maximum atomic E-state index is 6.02. The number of nitrogen functional groups attached to an aromatic ring is 1. The zero-order valence-corrected chi connectivity index (χ0v) is 10.4. The van der Waals surface area contributed by atoms with E-state index in [9.17, 15) is 0 Å². The third kappa shape index (κ3) is 2.24. The summed E-state index contributed by atoms with van der Waals surface area (Å²) in [6.45, 7) is 0. The van der Waals surface area contributed by atoms with Crippen molar-refractivity contribution in [3.8, 4) is 0 Å². The smallest absolute Gasteiger partial charge is 0.222 e. The molecule has 1 aliphatic carbocycles. The van der Waals surface area contributed by atoms with Gasteiger partial charge in [-0.1, -0.05) is 41.9 Å². The Morgan fingerprint density at radius 1 is 1.28 bits per heavy atom. The van der Waals surface area contributed by atoms with Crippen LogP contribution in [0.4, 0.5) is 11.8 Å². The van der Waals surface area contributed by atoms with Crippen LogP contribution >= 0.6 is 11.6 Å². The minimum Gasteiger partial charge on any atom is -0.368 e. The first kappa shape index (κ1) is 11.3. The van der Waals surface area contributed by atoms with E-state index in [1.165, 1.54) is 11.8 Å². The van der Waals surface area contributed by atoms with Gasteiger partial charge in [0.05, 0.1) is 6.20 Å². The Hall–Kier alpha value is -1.81. The van der Waals surface area contributed by atoms with E-state index in [2.05, 4.69) is 39.6 Å². The van der Waals surface area contributed by atoms with Crippen molar-refractivity contribution < 1.29 is 0 Å². The molecule has 1 fully saturated rings. The third-order valence-electron chi connectivity index (χ3n) is 3.10. The predicted octanol–water partition coefficient (Wildman–Crippen LogP) is 2.68. The predicted molar refractivity (Wildman–Crippen MR) is 72.7 cm³/mol. The average Bonchev–Trinajstić information content (AvgIpc) is 3.14. The van der Waals surface area contributed by atoms with Crippen LogP contribution in [0.2, 0.25) is 5.02 Å². The van der Waals surface area contributed by atoms with Crippen LogP contribution in [0.15, 0.2) is 36.5 Å². The number of aromatic nitrogens is 2. The Balaban J connectivity index is 1.71. The summed E-state index contributed by atoms with van der Waals surface area (Å²) < 4.78 is 0. The number of nitrogens with one attached hydrogen (secondary N) is 1. The summed E-state index contributed by atoms with van der Waals surface area (Å²) in [5.41, 5.74) is 6.89. The first-order valence-electron chi connectivity index (χ1n) is 5.83. The third-order valence-corrected chi connectivity index (χ3v) is 3.38. The molecule has 2 unspecified atom stereocenters. The van der Waals surface area contributed by atoms with E-state index in [0.29, 0.717) is 22.8 Å². The van der Waals surface area contributed by atoms with Gasteiger partial charge >= 0.3 is 0 Å². The Morgan fingerprint density at radius 3 is 2.83 bits per heavy atom. The summed E-state index contributed by atoms with van der Waals surface area (Å²) in [6, 6.07) is 10.8. The van der Waals surface area contributed by atoms with E-state index in [4.69, 9.17) is 17.3 Å². The molecule has 3 rings (SSSR count). The standard InChI is InChI=1S/C13H13ClN4/c14-10-7-16-13(15)18-12(10)17-11-6-9(11)8-4-2-1-3-5-8/h1-5,7,9,11H,6H2,(H3,15,16,17,18). The molecular formula is C13H13ClN4. The van der Waals surface area contributed by atoms with E-state index in [1.54, 1.807) is 0 Å². The molecule has 0 spiro atoms. The van der Waals surface area contributed by atoms with Crippen molar-refractivity contribution in [2.45, 2.75) is 18.4 Å². The quantitative estimate of drug-likeness (QED) is 0.891. The number of hydrogen-bond acceptors (Lipinski definition) is 4. The molecule has 92 valence electrons. The second-order valence-corrected chi connectivity index (χ2v) is 4.84. The van der Waals surface area contributed by atoms with Crippen LogP contribution in [0, 0.1) is 0 Å². The number of anilines is 2. The fraction of sp³-hybridized carbons (Fsp3) is 0.231. The van der Waals surface area contributed by atoms with Crippen LogP contribution in [-0.2, 0) is 0 Å². The highest BCUT2D eigenvalue weighted by Gasteiger charge is 2.38. The van der Waals surface area contributed by atoms with Gasteiger partial charge in [-0.2, -0.15) is 4.98 Å². The van der Waals surface area contributed by atoms with Gasteiger partial charge in [0.15, 0.2) is 5.82 Å². The lowest BCUT2D eigenvalue weighted by molar-refractivity contribution is 1.02. The Bertz CT molecular complexity index is 558. The molecular weight excluding hydrogens is 248 g/mol. The van der Waals surface area contributed by atoms with E-state index in [1.807, 2.05) is 6.07 Å². The van der Waals surface area contributed by atoms with Crippen LogP contribution in [0.25, 0.3) is 0 Å². The van der Waals surface area contributed by atoms with Crippen LogP contribution in [0.3, 0.4) is 0 Å². The molecule has 0 saturated heterocycles. The molecule has 1 saturated carbocycles. The van der Waals surface area contributed by atoms with E-state index < -0.39 is 0 Å². The summed E-state index contributed by atoms with van der Waals surface area (Å²) >= 11 is 6.02. The Kier molecular flexibility index (Phi) is 2.80. The van der Waals surface area contributed by atoms with Gasteiger partial charge in [0.25, 0.3) is 0 Å². The summed E-state index contributed by atoms with van der Waals surface area (Å²) in [4.78, 5) is 7.94. The lowest BCUT2D eigenvalue weighted by atomic mass is 10.1. The lowest BCUT2D eigenvalue weighted by Gasteiger charge is -2.07. The number of benzene rings is 1. The molecule has 0 bridgehead atoms. The largest absolute Gasteiger partial charge is 0.368 e. The number of hydrogen-bond donors (Lipinski definition) is 2. The van der Waals surface area contributed by atoms with Crippen molar-refractivity contribution in [3.63, 3.8) is 0 Å². The zero-order chi connectivity index (χ0) is 12.5. The SMILES string of the molecule is Nc1ncc(Cl)c(NC2CC2c2ccccc2)n1. The van der Waals surface area contributed by atoms with Crippen molar-refractivity contribution in [2.24, 2.45) is 0 Å². The van der Waals surface area contributed by atoms with Crippen molar-refractivity contribution in [3.05, 3.63) is 47.1 Å². The summed E-state index contributed by atoms with van der Waals surface area (Å²) in [5.74, 6) is 1.38. The molecule has 4 nitrogen and oxygen atoms in total. The van der Waals surface area contributed by atoms with E-state index in [-0.39, 0.29) is 5.95 Å². The molecule has 1 heterocycles. The van der Waals surface area contributed by atoms with Crippen molar-refractivity contribution >= 4 is 23.4 Å². The van der Waals surface area contributed by atoms with Crippen molar-refractivity contribution in [1.29, 1.82) is 0 Å². The number of halogens is 1. The van der Waals surface area contributed by atoms with Crippen molar-refractivity contribution in [1.82, 2.24) is 9.97 Å². The highest BCUT2D eigenvalue weighted by atomic mass is 35.5. The maximum absolute atomic E-state index is 6.02. The molecule has 0 amide bonds. The summed E-state index contributed by atoms with van der Waals surface area (Å²) in [6.07, 6.45) is 2.61. The molecule has 1 aromatic carbocycles. The molecule has 1 aromatic heterocycles. The number of nitrogens with zero attached hydrogens (tertiary/aromatic N) is 2. The molecule has 1 aliphatic rings. The van der Waals surface area contributed by atoms with Crippen LogP contribution in [0.5, 0.6) is 0 Å². The van der Waals surface area contributed by atoms with Crippen LogP contribution in [-0.4, -0.2) is 16.0 Å². The summed E-state index contributed by atoms with van der Waals surface area (Å²) in [5, 5.41) is 3.81. The van der Waals surface area contributed by atoms with Gasteiger partial charge < -0.3 is 11.1 Å². The molecule has 5 heteroatoms. The van der Waals surface area contributed by atoms with Gasteiger partial charge in [-0.05, 0) is 12.0 Å². The number of rotatable bonds is 3. The molecule has 2 aromatic rings. The van der Waals surface area contributed by atoms with Crippen LogP contribution < -0.4 is 11.1 Å². The highest BCUT2D eigenvalue weighted by Crippen LogP contribution is 2.43. The molecule has 18 heavy (non-hydrogen) atoms. The first-order valence-corrected chi connectivity index (χ1v) is 6.21. The Labute approximate surface area is 110 Å². The Morgan fingerprint density at radius 2 is 2.06 bits per heavy atom. The second kappa shape index (κ2) is 4.46. The molecule has 0 radical (unpaired) electrons. The molecule has 0 aliphatic heterocycles. The van der Waals surface area contributed by atoms with Crippen LogP contribution in [0.1, 0.15) is 17.9 Å². The average molecular weight is 261 g/mol. The van der Waals surface area contributed by atoms with E-state index >= 15 is 0 Å². The molecule has 3 N–H and O–H groups in total. The minimum absolute atomic E-state index is 0.235. The highest BCUT2D eigenvalue weighted by molar-refractivity contribution is 6.32. The maximum Gasteiger partial charge on any atom is 0.222 e. The fourth-order valence-electron chi connectivity index (χ4n) is 2.08. The first-order chi connectivity index (χ1) is 8.74. The lowest BCUT2D eigenvalue weighted by Crippen LogP contribution is -2.08. The normalized spacial score (nSPS) is 21.6. The van der Waals surface area contributed by atoms with Gasteiger partial charge in [0.1, 0.15) is 5.02 Å². The van der Waals surface area contributed by atoms with Gasteiger partial charge in [-0.15, -0.1) is 0 Å².